The first-order chi connectivity index (χ1) is 9.25. The molecule has 4 N–H and O–H groups in total. The van der Waals surface area contributed by atoms with Gasteiger partial charge in [-0.1, -0.05) is 48.5 Å². The molecule has 0 aromatic heterocycles. The highest BCUT2D eigenvalue weighted by Crippen LogP contribution is 2.30. The van der Waals surface area contributed by atoms with Crippen LogP contribution in [-0.2, 0) is 5.75 Å². The first-order valence-corrected chi connectivity index (χ1v) is 7.14. The average Bonchev–Trinajstić information content (AvgIpc) is 2.43. The van der Waals surface area contributed by atoms with Crippen molar-refractivity contribution >= 4 is 38.5 Å². The molecule has 3 heteroatoms. The second kappa shape index (κ2) is 4.94. The van der Waals surface area contributed by atoms with Crippen LogP contribution in [0.5, 0.6) is 0 Å². The first-order valence-electron chi connectivity index (χ1n) is 6.16. The van der Waals surface area contributed by atoms with E-state index in [0.717, 1.165) is 5.75 Å². The molecule has 3 rings (SSSR count). The van der Waals surface area contributed by atoms with Gasteiger partial charge >= 0.3 is 0 Å². The zero-order valence-corrected chi connectivity index (χ0v) is 11.3. The van der Waals surface area contributed by atoms with E-state index in [4.69, 9.17) is 11.1 Å². The Labute approximate surface area is 116 Å². The zero-order chi connectivity index (χ0) is 13.2. The van der Waals surface area contributed by atoms with Crippen LogP contribution in [0.2, 0.25) is 0 Å². The molecule has 94 valence electrons. The van der Waals surface area contributed by atoms with Gasteiger partial charge in [0.15, 0.2) is 0 Å². The Morgan fingerprint density at radius 1 is 0.947 bits per heavy atom. The molecule has 0 saturated heterocycles. The minimum Gasteiger partial charge on any atom is -0.282 e. The van der Waals surface area contributed by atoms with Crippen LogP contribution in [0.25, 0.3) is 21.5 Å². The highest BCUT2D eigenvalue weighted by atomic mass is 32.2. The van der Waals surface area contributed by atoms with Crippen LogP contribution in [0.1, 0.15) is 5.56 Å². The summed E-state index contributed by atoms with van der Waals surface area (Å²) in [6, 6.07) is 19.1. The summed E-state index contributed by atoms with van der Waals surface area (Å²) in [6.07, 6.45) is 0. The highest BCUT2D eigenvalue weighted by Gasteiger charge is 2.08. The van der Waals surface area contributed by atoms with E-state index < -0.39 is 0 Å². The number of thioether (sulfide) groups is 1. The molecule has 0 amide bonds. The van der Waals surface area contributed by atoms with Gasteiger partial charge in [0.1, 0.15) is 0 Å². The standard InChI is InChI=1S/C16H14N2S/c17-16(18)19-10-15-13-7-3-1-5-11(13)9-12-6-2-4-8-14(12)15/h1-9H,10H2,(H3,17,18)/p+1. The van der Waals surface area contributed by atoms with E-state index in [2.05, 4.69) is 54.6 Å². The van der Waals surface area contributed by atoms with E-state index >= 15 is 0 Å². The summed E-state index contributed by atoms with van der Waals surface area (Å²) in [5.74, 6) is 0.796. The number of benzene rings is 3. The Bertz CT molecular complexity index is 711. The molecule has 0 fully saturated rings. The van der Waals surface area contributed by atoms with Crippen molar-refractivity contribution in [2.24, 2.45) is 5.73 Å². The van der Waals surface area contributed by atoms with E-state index in [0.29, 0.717) is 5.17 Å². The zero-order valence-electron chi connectivity index (χ0n) is 10.5. The van der Waals surface area contributed by atoms with Crippen LogP contribution in [0.3, 0.4) is 0 Å². The number of nitrogens with two attached hydrogens (primary N) is 2. The van der Waals surface area contributed by atoms with Gasteiger partial charge in [-0.2, -0.15) is 0 Å². The van der Waals surface area contributed by atoms with E-state index in [1.165, 1.54) is 38.9 Å². The Kier molecular flexibility index (Phi) is 3.13. The summed E-state index contributed by atoms with van der Waals surface area (Å²) >= 11 is 1.49. The molecule has 0 saturated carbocycles. The Morgan fingerprint density at radius 2 is 1.47 bits per heavy atom. The third kappa shape index (κ3) is 2.29. The van der Waals surface area contributed by atoms with Gasteiger partial charge in [0, 0.05) is 5.75 Å². The van der Waals surface area contributed by atoms with Crippen LogP contribution in [-0.4, -0.2) is 5.17 Å². The van der Waals surface area contributed by atoms with E-state index in [1.54, 1.807) is 0 Å². The second-order valence-electron chi connectivity index (χ2n) is 4.49. The molecule has 0 bridgehead atoms. The van der Waals surface area contributed by atoms with Crippen LogP contribution in [0.15, 0.2) is 54.6 Å². The van der Waals surface area contributed by atoms with Gasteiger partial charge in [0.05, 0.1) is 0 Å². The number of rotatable bonds is 2. The second-order valence-corrected chi connectivity index (χ2v) is 5.54. The summed E-state index contributed by atoms with van der Waals surface area (Å²) < 4.78 is 0. The summed E-state index contributed by atoms with van der Waals surface area (Å²) in [5.41, 5.74) is 6.88. The molecule has 0 aliphatic rings. The van der Waals surface area contributed by atoms with Gasteiger partial charge in [-0.25, -0.2) is 0 Å². The van der Waals surface area contributed by atoms with Gasteiger partial charge < -0.3 is 0 Å². The number of fused-ring (bicyclic) bond motifs is 2. The molecule has 0 radical (unpaired) electrons. The lowest BCUT2D eigenvalue weighted by atomic mass is 9.98. The largest absolute Gasteiger partial charge is 0.300 e. The minimum absolute atomic E-state index is 0.414. The molecular formula is C16H15N2S+. The lowest BCUT2D eigenvalue weighted by Gasteiger charge is -2.10. The molecule has 3 aromatic carbocycles. The molecule has 0 spiro atoms. The first kappa shape index (κ1) is 12.1. The lowest BCUT2D eigenvalue weighted by molar-refractivity contribution is -0.110. The predicted molar refractivity (Wildman–Crippen MR) is 83.9 cm³/mol. The quantitative estimate of drug-likeness (QED) is 0.425. The van der Waals surface area contributed by atoms with E-state index in [9.17, 15) is 0 Å². The maximum atomic E-state index is 5.59. The Hall–Kier alpha value is -2.00. The average molecular weight is 267 g/mol. The molecular weight excluding hydrogens is 252 g/mol. The SMILES string of the molecule is NC(=[NH2+])SCc1c2ccccc2cc2ccccc12. The normalized spacial score (nSPS) is 10.9. The van der Waals surface area contributed by atoms with Gasteiger partial charge in [0.2, 0.25) is 0 Å². The van der Waals surface area contributed by atoms with Gasteiger partial charge in [0.25, 0.3) is 5.17 Å². The molecule has 3 aromatic rings. The van der Waals surface area contributed by atoms with E-state index in [-0.39, 0.29) is 0 Å². The summed E-state index contributed by atoms with van der Waals surface area (Å²) in [4.78, 5) is 0. The van der Waals surface area contributed by atoms with Gasteiger partial charge in [-0.15, -0.1) is 0 Å². The molecule has 0 aliphatic heterocycles. The van der Waals surface area contributed by atoms with Crippen molar-refractivity contribution in [2.45, 2.75) is 5.75 Å². The highest BCUT2D eigenvalue weighted by molar-refractivity contribution is 8.12. The van der Waals surface area contributed by atoms with Crippen LogP contribution >= 0.6 is 11.8 Å². The monoisotopic (exact) mass is 267 g/mol. The lowest BCUT2D eigenvalue weighted by Crippen LogP contribution is -2.43. The Morgan fingerprint density at radius 3 is 2.00 bits per heavy atom. The van der Waals surface area contributed by atoms with Gasteiger partial charge in [-0.05, 0) is 44.9 Å². The van der Waals surface area contributed by atoms with Gasteiger partial charge in [-0.3, -0.25) is 11.1 Å². The van der Waals surface area contributed by atoms with Crippen molar-refractivity contribution < 1.29 is 5.41 Å². The minimum atomic E-state index is 0.414. The smallest absolute Gasteiger partial charge is 0.282 e. The van der Waals surface area contributed by atoms with Crippen molar-refractivity contribution in [3.63, 3.8) is 0 Å². The van der Waals surface area contributed by atoms with Crippen LogP contribution in [0.4, 0.5) is 0 Å². The topological polar surface area (TPSA) is 51.6 Å². The van der Waals surface area contributed by atoms with Crippen molar-refractivity contribution in [1.29, 1.82) is 0 Å². The number of hydrogen-bond acceptors (Lipinski definition) is 1. The van der Waals surface area contributed by atoms with Crippen LogP contribution in [0, 0.1) is 0 Å². The maximum Gasteiger partial charge on any atom is 0.300 e. The molecule has 0 aliphatic carbocycles. The fraction of sp³-hybridized carbons (Fsp3) is 0.0625. The molecule has 0 atom stereocenters. The fourth-order valence-electron chi connectivity index (χ4n) is 2.42. The third-order valence-electron chi connectivity index (χ3n) is 3.27. The molecule has 19 heavy (non-hydrogen) atoms. The van der Waals surface area contributed by atoms with Crippen molar-refractivity contribution in [3.05, 3.63) is 60.2 Å². The summed E-state index contributed by atoms with van der Waals surface area (Å²) in [7, 11) is 0. The number of amidine groups is 1. The number of hydrogen-bond donors (Lipinski definition) is 2. The fourth-order valence-corrected chi connectivity index (χ4v) is 3.04. The molecule has 0 unspecified atom stereocenters. The Balaban J connectivity index is 2.29. The van der Waals surface area contributed by atoms with Crippen molar-refractivity contribution in [2.75, 3.05) is 0 Å². The van der Waals surface area contributed by atoms with E-state index in [1.807, 2.05) is 0 Å². The maximum absolute atomic E-state index is 5.59. The van der Waals surface area contributed by atoms with Crippen molar-refractivity contribution in [1.82, 2.24) is 0 Å². The summed E-state index contributed by atoms with van der Waals surface area (Å²) in [5, 5.41) is 11.1. The predicted octanol–water partition coefficient (Wildman–Crippen LogP) is 2.30. The third-order valence-corrected chi connectivity index (χ3v) is 4.03. The van der Waals surface area contributed by atoms with Crippen LogP contribution < -0.4 is 11.1 Å². The molecule has 2 nitrogen and oxygen atoms in total. The summed E-state index contributed by atoms with van der Waals surface area (Å²) in [6.45, 7) is 0. The van der Waals surface area contributed by atoms with Crippen molar-refractivity contribution in [3.8, 4) is 0 Å². The molecule has 0 heterocycles.